The minimum absolute atomic E-state index is 0.343. The van der Waals surface area contributed by atoms with Crippen LogP contribution in [0.15, 0.2) is 12.1 Å². The maximum atomic E-state index is 6.11. The lowest BCUT2D eigenvalue weighted by Gasteiger charge is -2.11. The Morgan fingerprint density at radius 1 is 1.20 bits per heavy atom. The molecule has 0 fully saturated rings. The van der Waals surface area contributed by atoms with Gasteiger partial charge in [-0.3, -0.25) is 0 Å². The number of thiophene rings is 1. The maximum Gasteiger partial charge on any atom is 0.00872 e. The van der Waals surface area contributed by atoms with Crippen LogP contribution in [-0.2, 0) is 12.8 Å². The summed E-state index contributed by atoms with van der Waals surface area (Å²) in [6, 6.07) is 4.81. The van der Waals surface area contributed by atoms with Crippen molar-refractivity contribution < 1.29 is 0 Å². The molecule has 1 unspecified atom stereocenters. The molecule has 86 valence electrons. The first-order valence-electron chi connectivity index (χ1n) is 5.95. The Balaban J connectivity index is 2.33. The van der Waals surface area contributed by atoms with E-state index in [4.69, 9.17) is 5.73 Å². The van der Waals surface area contributed by atoms with Crippen LogP contribution in [0.25, 0.3) is 0 Å². The van der Waals surface area contributed by atoms with Gasteiger partial charge in [-0.15, -0.1) is 11.3 Å². The second kappa shape index (κ2) is 6.29. The first-order valence-corrected chi connectivity index (χ1v) is 6.76. The van der Waals surface area contributed by atoms with Crippen LogP contribution in [0.4, 0.5) is 0 Å². The fraction of sp³-hybridized carbons (Fsp3) is 0.692. The first-order chi connectivity index (χ1) is 7.11. The molecule has 2 N–H and O–H groups in total. The zero-order chi connectivity index (χ0) is 11.3. The highest BCUT2D eigenvalue weighted by molar-refractivity contribution is 7.11. The number of hydrogen-bond donors (Lipinski definition) is 1. The van der Waals surface area contributed by atoms with Gasteiger partial charge in [-0.2, -0.15) is 0 Å². The van der Waals surface area contributed by atoms with Crippen molar-refractivity contribution in [1.29, 1.82) is 0 Å². The van der Waals surface area contributed by atoms with Crippen molar-refractivity contribution in [3.05, 3.63) is 21.9 Å². The smallest absolute Gasteiger partial charge is 0.00872 e. The molecule has 1 atom stereocenters. The van der Waals surface area contributed by atoms with Crippen molar-refractivity contribution in [3.63, 3.8) is 0 Å². The monoisotopic (exact) mass is 225 g/mol. The van der Waals surface area contributed by atoms with E-state index >= 15 is 0 Å². The number of nitrogens with two attached hydrogens (primary N) is 1. The van der Waals surface area contributed by atoms with Gasteiger partial charge in [-0.1, -0.05) is 20.8 Å². The molecule has 1 nitrogen and oxygen atoms in total. The van der Waals surface area contributed by atoms with Crippen LogP contribution in [0.5, 0.6) is 0 Å². The molecule has 0 saturated heterocycles. The van der Waals surface area contributed by atoms with E-state index in [1.807, 2.05) is 11.3 Å². The van der Waals surface area contributed by atoms with Crippen LogP contribution in [0, 0.1) is 5.92 Å². The predicted molar refractivity (Wildman–Crippen MR) is 69.4 cm³/mol. The average molecular weight is 225 g/mol. The highest BCUT2D eigenvalue weighted by Crippen LogP contribution is 2.19. The van der Waals surface area contributed by atoms with E-state index in [1.54, 1.807) is 0 Å². The summed E-state index contributed by atoms with van der Waals surface area (Å²) in [7, 11) is 0. The Hall–Kier alpha value is -0.340. The van der Waals surface area contributed by atoms with E-state index in [0.717, 1.165) is 25.2 Å². The Morgan fingerprint density at radius 3 is 2.40 bits per heavy atom. The van der Waals surface area contributed by atoms with E-state index < -0.39 is 0 Å². The van der Waals surface area contributed by atoms with Gasteiger partial charge in [0.2, 0.25) is 0 Å². The average Bonchev–Trinajstić information content (AvgIpc) is 2.62. The minimum Gasteiger partial charge on any atom is -0.327 e. The van der Waals surface area contributed by atoms with Crippen LogP contribution in [-0.4, -0.2) is 6.04 Å². The van der Waals surface area contributed by atoms with Crippen molar-refractivity contribution in [2.75, 3.05) is 0 Å². The lowest BCUT2D eigenvalue weighted by molar-refractivity contribution is 0.496. The van der Waals surface area contributed by atoms with Gasteiger partial charge in [0.25, 0.3) is 0 Å². The van der Waals surface area contributed by atoms with Gasteiger partial charge in [0.1, 0.15) is 0 Å². The summed E-state index contributed by atoms with van der Waals surface area (Å²) in [5.41, 5.74) is 6.11. The molecule has 2 heteroatoms. The largest absolute Gasteiger partial charge is 0.327 e. The predicted octanol–water partition coefficient (Wildman–Crippen LogP) is 3.62. The molecule has 15 heavy (non-hydrogen) atoms. The van der Waals surface area contributed by atoms with Gasteiger partial charge >= 0.3 is 0 Å². The van der Waals surface area contributed by atoms with Gasteiger partial charge in [0, 0.05) is 15.8 Å². The van der Waals surface area contributed by atoms with Gasteiger partial charge in [0.15, 0.2) is 0 Å². The molecule has 1 aromatic rings. The highest BCUT2D eigenvalue weighted by Gasteiger charge is 2.07. The van der Waals surface area contributed by atoms with Crippen LogP contribution in [0.1, 0.15) is 43.4 Å². The summed E-state index contributed by atoms with van der Waals surface area (Å²) < 4.78 is 0. The van der Waals surface area contributed by atoms with Gasteiger partial charge in [-0.05, 0) is 43.7 Å². The molecule has 0 radical (unpaired) electrons. The van der Waals surface area contributed by atoms with Crippen LogP contribution in [0.2, 0.25) is 0 Å². The summed E-state index contributed by atoms with van der Waals surface area (Å²) in [5, 5.41) is 0. The molecular weight excluding hydrogens is 202 g/mol. The van der Waals surface area contributed by atoms with Gasteiger partial charge < -0.3 is 5.73 Å². The molecule has 1 heterocycles. The Kier molecular flexibility index (Phi) is 5.34. The molecule has 0 saturated carbocycles. The minimum atomic E-state index is 0.343. The zero-order valence-corrected chi connectivity index (χ0v) is 10.9. The summed E-state index contributed by atoms with van der Waals surface area (Å²) in [6.07, 6.45) is 4.59. The third-order valence-corrected chi connectivity index (χ3v) is 3.90. The molecule has 1 rings (SSSR count). The summed E-state index contributed by atoms with van der Waals surface area (Å²) in [5.74, 6) is 0.769. The second-order valence-corrected chi connectivity index (χ2v) is 5.91. The molecule has 0 aliphatic carbocycles. The Bertz CT molecular complexity index is 278. The summed E-state index contributed by atoms with van der Waals surface area (Å²) >= 11 is 1.92. The summed E-state index contributed by atoms with van der Waals surface area (Å²) in [6.45, 7) is 6.72. The normalized spacial score (nSPS) is 13.4. The zero-order valence-electron chi connectivity index (χ0n) is 10.1. The van der Waals surface area contributed by atoms with Crippen molar-refractivity contribution in [2.24, 2.45) is 11.7 Å². The lowest BCUT2D eigenvalue weighted by atomic mass is 10.0. The van der Waals surface area contributed by atoms with Crippen LogP contribution >= 0.6 is 11.3 Å². The molecule has 0 aromatic carbocycles. The number of aryl methyl sites for hydroxylation is 1. The topological polar surface area (TPSA) is 26.0 Å². The van der Waals surface area contributed by atoms with E-state index in [-0.39, 0.29) is 0 Å². The molecule has 1 aromatic heterocycles. The van der Waals surface area contributed by atoms with Crippen molar-refractivity contribution >= 4 is 11.3 Å². The molecule has 0 aliphatic rings. The molecule has 0 amide bonds. The molecule has 0 spiro atoms. The van der Waals surface area contributed by atoms with E-state index in [2.05, 4.69) is 32.9 Å². The quantitative estimate of drug-likeness (QED) is 0.786. The van der Waals surface area contributed by atoms with E-state index in [9.17, 15) is 0 Å². The molecule has 0 bridgehead atoms. The molecular formula is C13H23NS. The third-order valence-electron chi connectivity index (χ3n) is 2.64. The summed E-state index contributed by atoms with van der Waals surface area (Å²) in [4.78, 5) is 2.92. The Morgan fingerprint density at radius 2 is 1.87 bits per heavy atom. The Labute approximate surface area is 97.7 Å². The lowest BCUT2D eigenvalue weighted by Crippen LogP contribution is -2.22. The first kappa shape index (κ1) is 12.7. The SMILES string of the molecule is CCc1ccc(CC(N)CCC(C)C)s1. The number of rotatable bonds is 6. The van der Waals surface area contributed by atoms with Gasteiger partial charge in [-0.25, -0.2) is 0 Å². The standard InChI is InChI=1S/C13H23NS/c1-4-12-7-8-13(15-12)9-11(14)6-5-10(2)3/h7-8,10-11H,4-6,9,14H2,1-3H3. The fourth-order valence-electron chi connectivity index (χ4n) is 1.63. The second-order valence-electron chi connectivity index (χ2n) is 4.66. The third kappa shape index (κ3) is 4.80. The van der Waals surface area contributed by atoms with Crippen molar-refractivity contribution in [2.45, 2.75) is 52.5 Å². The highest BCUT2D eigenvalue weighted by atomic mass is 32.1. The van der Waals surface area contributed by atoms with E-state index in [1.165, 1.54) is 16.2 Å². The van der Waals surface area contributed by atoms with Crippen molar-refractivity contribution in [3.8, 4) is 0 Å². The molecule has 0 aliphatic heterocycles. The fourth-order valence-corrected chi connectivity index (χ4v) is 2.68. The maximum absolute atomic E-state index is 6.11. The van der Waals surface area contributed by atoms with Crippen LogP contribution < -0.4 is 5.73 Å². The van der Waals surface area contributed by atoms with Gasteiger partial charge in [0.05, 0.1) is 0 Å². The van der Waals surface area contributed by atoms with E-state index in [0.29, 0.717) is 6.04 Å². The van der Waals surface area contributed by atoms with Crippen LogP contribution in [0.3, 0.4) is 0 Å². The van der Waals surface area contributed by atoms with Crippen molar-refractivity contribution in [1.82, 2.24) is 0 Å². The number of hydrogen-bond acceptors (Lipinski definition) is 2.